The number of carbonyl (C=O) groups is 1. The van der Waals surface area contributed by atoms with Gasteiger partial charge in [-0.05, 0) is 49.9 Å². The third kappa shape index (κ3) is 3.39. The molecule has 0 saturated heterocycles. The quantitative estimate of drug-likeness (QED) is 0.688. The molecule has 0 aliphatic heterocycles. The lowest BCUT2D eigenvalue weighted by Crippen LogP contribution is -2.39. The summed E-state index contributed by atoms with van der Waals surface area (Å²) < 4.78 is 2.03. The van der Waals surface area contributed by atoms with Crippen LogP contribution in [0.15, 0.2) is 48.5 Å². The average Bonchev–Trinajstić information content (AvgIpc) is 3.03. The molecule has 29 heavy (non-hydrogen) atoms. The Labute approximate surface area is 169 Å². The first-order chi connectivity index (χ1) is 13.9. The molecule has 0 bridgehead atoms. The number of rotatable bonds is 5. The zero-order valence-electron chi connectivity index (χ0n) is 16.6. The van der Waals surface area contributed by atoms with Crippen molar-refractivity contribution in [3.8, 4) is 6.07 Å². The Morgan fingerprint density at radius 2 is 2.03 bits per heavy atom. The number of fused-ring (bicyclic) bond motifs is 1. The highest BCUT2D eigenvalue weighted by atomic mass is 16.3. The van der Waals surface area contributed by atoms with E-state index in [1.54, 1.807) is 19.9 Å². The van der Waals surface area contributed by atoms with E-state index in [4.69, 9.17) is 0 Å². The van der Waals surface area contributed by atoms with Gasteiger partial charge in [0.1, 0.15) is 0 Å². The van der Waals surface area contributed by atoms with Crippen molar-refractivity contribution in [2.75, 3.05) is 5.32 Å². The first-order valence-electron chi connectivity index (χ1n) is 9.92. The fourth-order valence-corrected chi connectivity index (χ4v) is 3.76. The van der Waals surface area contributed by atoms with Crippen LogP contribution < -0.4 is 5.32 Å². The van der Waals surface area contributed by atoms with Crippen molar-refractivity contribution >= 4 is 22.9 Å². The number of carbonyl (C=O) groups excluding carboxylic acids is 1. The molecule has 0 spiro atoms. The third-order valence-electron chi connectivity index (χ3n) is 6.09. The van der Waals surface area contributed by atoms with Gasteiger partial charge in [0, 0.05) is 6.04 Å². The maximum Gasteiger partial charge on any atom is 0.232 e. The Morgan fingerprint density at radius 1 is 1.31 bits per heavy atom. The summed E-state index contributed by atoms with van der Waals surface area (Å²) in [5.41, 5.74) is 1.54. The monoisotopic (exact) mass is 388 g/mol. The highest BCUT2D eigenvalue weighted by Gasteiger charge is 2.36. The summed E-state index contributed by atoms with van der Waals surface area (Å²) >= 11 is 0. The molecule has 1 fully saturated rings. The minimum atomic E-state index is -1.31. The van der Waals surface area contributed by atoms with Gasteiger partial charge >= 0.3 is 0 Å². The molecule has 1 aliphatic rings. The summed E-state index contributed by atoms with van der Waals surface area (Å²) in [6.07, 6.45) is 3.17. The Kier molecular flexibility index (Phi) is 4.85. The average molecular weight is 388 g/mol. The van der Waals surface area contributed by atoms with Crippen molar-refractivity contribution in [2.45, 2.75) is 44.8 Å². The number of imidazole rings is 1. The molecule has 2 atom stereocenters. The largest absolute Gasteiger partial charge is 0.385 e. The van der Waals surface area contributed by atoms with Gasteiger partial charge in [0.25, 0.3) is 0 Å². The first-order valence-corrected chi connectivity index (χ1v) is 9.92. The molecule has 4 rings (SSSR count). The summed E-state index contributed by atoms with van der Waals surface area (Å²) in [6.45, 7) is 3.37. The molecule has 6 nitrogen and oxygen atoms in total. The summed E-state index contributed by atoms with van der Waals surface area (Å²) in [5, 5.41) is 23.2. The summed E-state index contributed by atoms with van der Waals surface area (Å²) in [4.78, 5) is 17.6. The van der Waals surface area contributed by atoms with Crippen molar-refractivity contribution in [3.63, 3.8) is 0 Å². The molecule has 1 aliphatic carbocycles. The molecule has 1 heterocycles. The van der Waals surface area contributed by atoms with Crippen LogP contribution in [0.3, 0.4) is 0 Å². The number of amides is 1. The van der Waals surface area contributed by atoms with Gasteiger partial charge in [0.2, 0.25) is 11.9 Å². The van der Waals surface area contributed by atoms with Crippen LogP contribution in [0.1, 0.15) is 50.3 Å². The van der Waals surface area contributed by atoms with Crippen LogP contribution in [0, 0.1) is 17.2 Å². The lowest BCUT2D eigenvalue weighted by Gasteiger charge is -2.31. The van der Waals surface area contributed by atoms with E-state index in [0.717, 1.165) is 30.3 Å². The lowest BCUT2D eigenvalue weighted by atomic mass is 9.83. The Bertz CT molecular complexity index is 1090. The number of benzene rings is 2. The van der Waals surface area contributed by atoms with E-state index in [9.17, 15) is 15.2 Å². The molecule has 3 aromatic rings. The Hall–Kier alpha value is -3.17. The number of aromatic nitrogens is 2. The molecular weight excluding hydrogens is 364 g/mol. The number of hydrogen-bond acceptors (Lipinski definition) is 4. The second-order valence-corrected chi connectivity index (χ2v) is 7.93. The van der Waals surface area contributed by atoms with Gasteiger partial charge in [-0.1, -0.05) is 37.3 Å². The van der Waals surface area contributed by atoms with Crippen LogP contribution in [0.2, 0.25) is 0 Å². The molecule has 1 aromatic heterocycles. The van der Waals surface area contributed by atoms with Crippen LogP contribution in [0.25, 0.3) is 11.0 Å². The number of hydrogen-bond donors (Lipinski definition) is 2. The molecule has 1 amide bonds. The van der Waals surface area contributed by atoms with Crippen molar-refractivity contribution in [3.05, 3.63) is 59.7 Å². The van der Waals surface area contributed by atoms with Crippen LogP contribution >= 0.6 is 0 Å². The third-order valence-corrected chi connectivity index (χ3v) is 6.09. The summed E-state index contributed by atoms with van der Waals surface area (Å²) in [7, 11) is 0. The fraction of sp³-hybridized carbons (Fsp3) is 0.348. The summed E-state index contributed by atoms with van der Waals surface area (Å²) in [6, 6.07) is 17.0. The minimum absolute atomic E-state index is 0.259. The predicted molar refractivity (Wildman–Crippen MR) is 111 cm³/mol. The van der Waals surface area contributed by atoms with Gasteiger partial charge in [-0.15, -0.1) is 0 Å². The predicted octanol–water partition coefficient (Wildman–Crippen LogP) is 4.12. The Balaban J connectivity index is 1.66. The molecule has 6 heteroatoms. The number of nitriles is 1. The van der Waals surface area contributed by atoms with Crippen molar-refractivity contribution in [1.82, 2.24) is 9.55 Å². The van der Waals surface area contributed by atoms with Gasteiger partial charge in [-0.2, -0.15) is 5.26 Å². The SMILES string of the molecule is CC(C(=O)Nc1nc2ccc(C#N)cc2n1C1CCC1)C(C)(O)c1ccccc1. The van der Waals surface area contributed by atoms with Gasteiger partial charge in [0.15, 0.2) is 0 Å². The second kappa shape index (κ2) is 7.34. The van der Waals surface area contributed by atoms with E-state index < -0.39 is 11.5 Å². The molecule has 2 aromatic carbocycles. The van der Waals surface area contributed by atoms with Gasteiger partial charge in [-0.25, -0.2) is 4.98 Å². The van der Waals surface area contributed by atoms with E-state index in [2.05, 4.69) is 16.4 Å². The molecule has 2 N–H and O–H groups in total. The van der Waals surface area contributed by atoms with Crippen LogP contribution in [-0.2, 0) is 10.4 Å². The lowest BCUT2D eigenvalue weighted by molar-refractivity contribution is -0.127. The molecule has 148 valence electrons. The second-order valence-electron chi connectivity index (χ2n) is 7.93. The first kappa shape index (κ1) is 19.2. The number of aliphatic hydroxyl groups is 1. The van der Waals surface area contributed by atoms with Crippen LogP contribution in [0.4, 0.5) is 5.95 Å². The van der Waals surface area contributed by atoms with E-state index in [1.165, 1.54) is 0 Å². The normalized spacial score (nSPS) is 17.2. The molecule has 0 radical (unpaired) electrons. The van der Waals surface area contributed by atoms with E-state index in [-0.39, 0.29) is 11.9 Å². The zero-order chi connectivity index (χ0) is 20.6. The topological polar surface area (TPSA) is 90.9 Å². The fourth-order valence-electron chi connectivity index (χ4n) is 3.76. The maximum absolute atomic E-state index is 13.0. The van der Waals surface area contributed by atoms with Crippen LogP contribution in [-0.4, -0.2) is 20.6 Å². The van der Waals surface area contributed by atoms with E-state index in [1.807, 2.05) is 47.0 Å². The minimum Gasteiger partial charge on any atom is -0.385 e. The standard InChI is InChI=1S/C23H24N4O2/c1-15(23(2,29)17-7-4-3-5-8-17)21(28)26-22-25-19-12-11-16(14-24)13-20(19)27(22)18-9-6-10-18/h3-5,7-8,11-13,15,18,29H,6,9-10H2,1-2H3,(H,25,26,28). The van der Waals surface area contributed by atoms with Gasteiger partial charge in [0.05, 0.1) is 34.2 Å². The zero-order valence-corrected chi connectivity index (χ0v) is 16.6. The smallest absolute Gasteiger partial charge is 0.232 e. The van der Waals surface area contributed by atoms with E-state index in [0.29, 0.717) is 17.1 Å². The molecular formula is C23H24N4O2. The number of nitrogens with one attached hydrogen (secondary N) is 1. The van der Waals surface area contributed by atoms with Crippen molar-refractivity contribution in [1.29, 1.82) is 5.26 Å². The molecule has 1 saturated carbocycles. The maximum atomic E-state index is 13.0. The van der Waals surface area contributed by atoms with Gasteiger partial charge < -0.3 is 9.67 Å². The highest BCUT2D eigenvalue weighted by molar-refractivity contribution is 5.94. The number of nitrogens with zero attached hydrogens (tertiary/aromatic N) is 3. The van der Waals surface area contributed by atoms with Gasteiger partial charge in [-0.3, -0.25) is 10.1 Å². The summed E-state index contributed by atoms with van der Waals surface area (Å²) in [5.74, 6) is -0.509. The van der Waals surface area contributed by atoms with E-state index >= 15 is 0 Å². The van der Waals surface area contributed by atoms with Crippen molar-refractivity contribution in [2.24, 2.45) is 5.92 Å². The Morgan fingerprint density at radius 3 is 2.66 bits per heavy atom. The highest BCUT2D eigenvalue weighted by Crippen LogP contribution is 2.38. The van der Waals surface area contributed by atoms with Crippen LogP contribution in [0.5, 0.6) is 0 Å². The van der Waals surface area contributed by atoms with Crippen molar-refractivity contribution < 1.29 is 9.90 Å². The molecule has 2 unspecified atom stereocenters. The number of anilines is 1.